The summed E-state index contributed by atoms with van der Waals surface area (Å²) in [5.41, 5.74) is 11.3. The van der Waals surface area contributed by atoms with E-state index in [1.165, 1.54) is 18.4 Å². The van der Waals surface area contributed by atoms with Gasteiger partial charge < -0.3 is 16.8 Å². The highest BCUT2D eigenvalue weighted by atomic mass is 16.1. The molecule has 1 aromatic heterocycles. The fourth-order valence-electron chi connectivity index (χ4n) is 1.07. The zero-order valence-corrected chi connectivity index (χ0v) is 8.76. The molecule has 0 spiro atoms. The Labute approximate surface area is 93.9 Å². The maximum absolute atomic E-state index is 11.5. The number of aromatic nitrogens is 1. The van der Waals surface area contributed by atoms with Crippen LogP contribution in [0.15, 0.2) is 48.6 Å². The first kappa shape index (κ1) is 11.8. The lowest BCUT2D eigenvalue weighted by Gasteiger charge is -2.03. The fourth-order valence-corrected chi connectivity index (χ4v) is 1.07. The van der Waals surface area contributed by atoms with Crippen molar-refractivity contribution in [3.63, 3.8) is 0 Å². The lowest BCUT2D eigenvalue weighted by atomic mass is 10.2. The summed E-state index contributed by atoms with van der Waals surface area (Å²) in [7, 11) is 0. The highest BCUT2D eigenvalue weighted by Gasteiger charge is 2.03. The summed E-state index contributed by atoms with van der Waals surface area (Å²) in [5.74, 6) is 0.0421. The zero-order chi connectivity index (χ0) is 11.8. The molecule has 5 nitrogen and oxygen atoms in total. The van der Waals surface area contributed by atoms with E-state index in [0.717, 1.165) is 0 Å². The normalized spacial score (nSPS) is 11.6. The van der Waals surface area contributed by atoms with Gasteiger partial charge >= 0.3 is 0 Å². The third-order valence-corrected chi connectivity index (χ3v) is 1.74. The fraction of sp³-hybridized carbons (Fsp3) is 0.0909. The van der Waals surface area contributed by atoms with Gasteiger partial charge in [0.15, 0.2) is 0 Å². The molecule has 5 N–H and O–H groups in total. The van der Waals surface area contributed by atoms with Crippen molar-refractivity contribution in [2.24, 2.45) is 11.5 Å². The Morgan fingerprint density at radius 1 is 1.50 bits per heavy atom. The molecule has 0 fully saturated rings. The Morgan fingerprint density at radius 2 is 2.31 bits per heavy atom. The summed E-state index contributed by atoms with van der Waals surface area (Å²) in [6.45, 7) is 0. The van der Waals surface area contributed by atoms with Gasteiger partial charge in [-0.15, -0.1) is 0 Å². The van der Waals surface area contributed by atoms with Gasteiger partial charge in [-0.1, -0.05) is 6.07 Å². The second-order valence-corrected chi connectivity index (χ2v) is 3.05. The molecule has 16 heavy (non-hydrogen) atoms. The Balaban J connectivity index is 2.48. The van der Waals surface area contributed by atoms with Crippen LogP contribution in [0.25, 0.3) is 0 Å². The van der Waals surface area contributed by atoms with Crippen LogP contribution in [-0.2, 0) is 11.2 Å². The topological polar surface area (TPSA) is 94.0 Å². The van der Waals surface area contributed by atoms with E-state index in [4.69, 9.17) is 11.5 Å². The number of nitrogens with one attached hydrogen (secondary N) is 1. The molecule has 1 rings (SSSR count). The van der Waals surface area contributed by atoms with Gasteiger partial charge in [-0.25, -0.2) is 0 Å². The minimum Gasteiger partial charge on any atom is -0.405 e. The van der Waals surface area contributed by atoms with Gasteiger partial charge in [-0.2, -0.15) is 0 Å². The van der Waals surface area contributed by atoms with Gasteiger partial charge in [0.05, 0.1) is 6.42 Å². The Kier molecular flexibility index (Phi) is 4.59. The lowest BCUT2D eigenvalue weighted by Crippen LogP contribution is -2.28. The molecule has 0 saturated heterocycles. The number of hydrogen-bond donors (Lipinski definition) is 3. The van der Waals surface area contributed by atoms with E-state index in [9.17, 15) is 4.79 Å². The van der Waals surface area contributed by atoms with Crippen LogP contribution in [0.4, 0.5) is 0 Å². The van der Waals surface area contributed by atoms with E-state index in [2.05, 4.69) is 10.3 Å². The zero-order valence-electron chi connectivity index (χ0n) is 8.76. The van der Waals surface area contributed by atoms with Gasteiger partial charge in [0.25, 0.3) is 0 Å². The van der Waals surface area contributed by atoms with Crippen LogP contribution < -0.4 is 16.8 Å². The van der Waals surface area contributed by atoms with Crippen molar-refractivity contribution < 1.29 is 4.79 Å². The number of allylic oxidation sites excluding steroid dienone is 2. The predicted molar refractivity (Wildman–Crippen MR) is 61.7 cm³/mol. The molecule has 0 unspecified atom stereocenters. The van der Waals surface area contributed by atoms with Gasteiger partial charge in [-0.05, 0) is 30.5 Å². The van der Waals surface area contributed by atoms with Crippen molar-refractivity contribution in [3.05, 3.63) is 54.3 Å². The van der Waals surface area contributed by atoms with Crippen LogP contribution in [-0.4, -0.2) is 10.9 Å². The maximum atomic E-state index is 11.5. The molecule has 0 aromatic carbocycles. The molecular formula is C11H14N4O. The number of amides is 1. The number of hydrogen-bond acceptors (Lipinski definition) is 4. The van der Waals surface area contributed by atoms with Crippen LogP contribution in [0, 0.1) is 0 Å². The monoisotopic (exact) mass is 218 g/mol. The molecule has 0 radical (unpaired) electrons. The number of pyridine rings is 1. The van der Waals surface area contributed by atoms with Gasteiger partial charge in [0, 0.05) is 11.9 Å². The second kappa shape index (κ2) is 6.23. The number of rotatable bonds is 4. The minimum absolute atomic E-state index is 0.196. The molecule has 0 aliphatic carbocycles. The van der Waals surface area contributed by atoms with Crippen molar-refractivity contribution >= 4 is 5.91 Å². The largest absolute Gasteiger partial charge is 0.405 e. The standard InChI is InChI=1S/C11H14N4O/c12-6-3-5-10(13)15-11(16)8-9-4-1-2-7-14-9/h1-7H,8,12-13H2,(H,15,16)/b6-3-,10-5+. The first-order valence-electron chi connectivity index (χ1n) is 4.76. The molecule has 0 aliphatic rings. The summed E-state index contributed by atoms with van der Waals surface area (Å²) >= 11 is 0. The van der Waals surface area contributed by atoms with Crippen molar-refractivity contribution in [1.82, 2.24) is 10.3 Å². The Morgan fingerprint density at radius 3 is 2.94 bits per heavy atom. The van der Waals surface area contributed by atoms with Crippen molar-refractivity contribution in [2.45, 2.75) is 6.42 Å². The highest BCUT2D eigenvalue weighted by Crippen LogP contribution is 1.94. The van der Waals surface area contributed by atoms with Crippen LogP contribution in [0.3, 0.4) is 0 Å². The molecule has 1 aromatic rings. The number of nitrogens with two attached hydrogens (primary N) is 2. The molecule has 84 valence electrons. The van der Waals surface area contributed by atoms with Crippen molar-refractivity contribution in [3.8, 4) is 0 Å². The number of nitrogens with zero attached hydrogens (tertiary/aromatic N) is 1. The average molecular weight is 218 g/mol. The lowest BCUT2D eigenvalue weighted by molar-refractivity contribution is -0.119. The van der Waals surface area contributed by atoms with Crippen LogP contribution in [0.5, 0.6) is 0 Å². The van der Waals surface area contributed by atoms with E-state index in [-0.39, 0.29) is 18.1 Å². The van der Waals surface area contributed by atoms with E-state index in [1.807, 2.05) is 6.07 Å². The van der Waals surface area contributed by atoms with Crippen molar-refractivity contribution in [2.75, 3.05) is 0 Å². The molecule has 1 heterocycles. The highest BCUT2D eigenvalue weighted by molar-refractivity contribution is 5.79. The van der Waals surface area contributed by atoms with E-state index >= 15 is 0 Å². The predicted octanol–water partition coefficient (Wildman–Crippen LogP) is 0.0128. The SMILES string of the molecule is N/C=C\C=C(/N)NC(=O)Cc1ccccn1. The van der Waals surface area contributed by atoms with Crippen LogP contribution in [0.2, 0.25) is 0 Å². The molecule has 0 aliphatic heterocycles. The summed E-state index contributed by atoms with van der Waals surface area (Å²) in [5, 5.41) is 2.52. The third-order valence-electron chi connectivity index (χ3n) is 1.74. The Hall–Kier alpha value is -2.30. The molecule has 5 heteroatoms. The summed E-state index contributed by atoms with van der Waals surface area (Å²) in [6, 6.07) is 5.40. The van der Waals surface area contributed by atoms with Crippen molar-refractivity contribution in [1.29, 1.82) is 0 Å². The molecule has 0 atom stereocenters. The molecule has 0 saturated carbocycles. The number of carbonyl (C=O) groups is 1. The summed E-state index contributed by atoms with van der Waals surface area (Å²) < 4.78 is 0. The first-order chi connectivity index (χ1) is 7.72. The maximum Gasteiger partial charge on any atom is 0.231 e. The average Bonchev–Trinajstić information content (AvgIpc) is 2.27. The molecule has 0 bridgehead atoms. The molecule has 1 amide bonds. The number of carbonyl (C=O) groups excluding carboxylic acids is 1. The summed E-state index contributed by atoms with van der Waals surface area (Å²) in [4.78, 5) is 15.5. The summed E-state index contributed by atoms with van der Waals surface area (Å²) in [6.07, 6.45) is 6.21. The third kappa shape index (κ3) is 4.28. The first-order valence-corrected chi connectivity index (χ1v) is 4.76. The van der Waals surface area contributed by atoms with E-state index in [0.29, 0.717) is 5.69 Å². The van der Waals surface area contributed by atoms with Gasteiger partial charge in [-0.3, -0.25) is 9.78 Å². The quantitative estimate of drug-likeness (QED) is 0.621. The molecular weight excluding hydrogens is 204 g/mol. The van der Waals surface area contributed by atoms with Gasteiger partial charge in [0.2, 0.25) is 5.91 Å². The van der Waals surface area contributed by atoms with Gasteiger partial charge in [0.1, 0.15) is 5.82 Å². The van der Waals surface area contributed by atoms with Crippen LogP contribution in [0.1, 0.15) is 5.69 Å². The van der Waals surface area contributed by atoms with E-state index < -0.39 is 0 Å². The Bertz CT molecular complexity index is 398. The minimum atomic E-state index is -0.210. The van der Waals surface area contributed by atoms with E-state index in [1.54, 1.807) is 18.3 Å². The van der Waals surface area contributed by atoms with Crippen LogP contribution >= 0.6 is 0 Å². The smallest absolute Gasteiger partial charge is 0.231 e. The second-order valence-electron chi connectivity index (χ2n) is 3.05.